The molecule has 0 unspecified atom stereocenters. The van der Waals surface area contributed by atoms with Crippen molar-refractivity contribution in [2.24, 2.45) is 0 Å². The highest BCUT2D eigenvalue weighted by Crippen LogP contribution is 2.33. The highest BCUT2D eigenvalue weighted by atomic mass is 32.2. The van der Waals surface area contributed by atoms with Gasteiger partial charge >= 0.3 is 5.97 Å². The predicted molar refractivity (Wildman–Crippen MR) is 96.1 cm³/mol. The maximum Gasteiger partial charge on any atom is 0.335 e. The van der Waals surface area contributed by atoms with Crippen LogP contribution in [0.4, 0.5) is 4.79 Å². The summed E-state index contributed by atoms with van der Waals surface area (Å²) in [5.74, 6) is -1.47. The molecule has 2 amide bonds. The van der Waals surface area contributed by atoms with Gasteiger partial charge in [-0.1, -0.05) is 30.3 Å². The fourth-order valence-corrected chi connectivity index (χ4v) is 3.29. The second kappa shape index (κ2) is 7.25. The molecule has 1 aliphatic rings. The summed E-state index contributed by atoms with van der Waals surface area (Å²) in [7, 11) is 0. The Morgan fingerprint density at radius 2 is 1.85 bits per heavy atom. The summed E-state index contributed by atoms with van der Waals surface area (Å²) in [5.41, 5.74) is 1.78. The van der Waals surface area contributed by atoms with Crippen molar-refractivity contribution in [2.75, 3.05) is 0 Å². The van der Waals surface area contributed by atoms with Gasteiger partial charge in [0.25, 0.3) is 11.1 Å². The van der Waals surface area contributed by atoms with Crippen molar-refractivity contribution in [1.29, 1.82) is 5.26 Å². The Morgan fingerprint density at radius 1 is 1.15 bits per heavy atom. The van der Waals surface area contributed by atoms with Crippen LogP contribution in [-0.2, 0) is 11.3 Å². The van der Waals surface area contributed by atoms with Crippen LogP contribution >= 0.6 is 11.8 Å². The van der Waals surface area contributed by atoms with E-state index in [0.717, 1.165) is 16.7 Å². The van der Waals surface area contributed by atoms with E-state index in [1.54, 1.807) is 42.5 Å². The van der Waals surface area contributed by atoms with E-state index in [-0.39, 0.29) is 17.0 Å². The molecule has 1 N–H and O–H groups in total. The van der Waals surface area contributed by atoms with Crippen LogP contribution in [0.2, 0.25) is 0 Å². The van der Waals surface area contributed by atoms with Gasteiger partial charge in [0, 0.05) is 0 Å². The highest BCUT2D eigenvalue weighted by molar-refractivity contribution is 8.18. The Hall–Kier alpha value is -3.37. The highest BCUT2D eigenvalue weighted by Gasteiger charge is 2.35. The lowest BCUT2D eigenvalue weighted by atomic mass is 10.1. The molecule has 26 heavy (non-hydrogen) atoms. The summed E-state index contributed by atoms with van der Waals surface area (Å²) >= 11 is 0.819. The van der Waals surface area contributed by atoms with Gasteiger partial charge in [-0.3, -0.25) is 14.5 Å². The van der Waals surface area contributed by atoms with E-state index in [0.29, 0.717) is 16.7 Å². The molecule has 0 aromatic heterocycles. The molecule has 2 aromatic carbocycles. The summed E-state index contributed by atoms with van der Waals surface area (Å²) in [4.78, 5) is 37.0. The van der Waals surface area contributed by atoms with Crippen LogP contribution < -0.4 is 0 Å². The van der Waals surface area contributed by atoms with Gasteiger partial charge in [0.2, 0.25) is 0 Å². The molecule has 1 saturated heterocycles. The Morgan fingerprint density at radius 3 is 2.50 bits per heavy atom. The lowest BCUT2D eigenvalue weighted by Crippen LogP contribution is -2.27. The van der Waals surface area contributed by atoms with Crippen molar-refractivity contribution in [2.45, 2.75) is 6.54 Å². The van der Waals surface area contributed by atoms with E-state index < -0.39 is 17.1 Å². The lowest BCUT2D eigenvalue weighted by Gasteiger charge is -2.13. The summed E-state index contributed by atoms with van der Waals surface area (Å²) in [6, 6.07) is 14.9. The van der Waals surface area contributed by atoms with Gasteiger partial charge in [-0.15, -0.1) is 0 Å². The van der Waals surface area contributed by atoms with E-state index >= 15 is 0 Å². The smallest absolute Gasteiger partial charge is 0.335 e. The Balaban J connectivity index is 1.82. The van der Waals surface area contributed by atoms with Crippen molar-refractivity contribution >= 4 is 35.0 Å². The van der Waals surface area contributed by atoms with Gasteiger partial charge in [-0.2, -0.15) is 5.26 Å². The van der Waals surface area contributed by atoms with Crippen LogP contribution in [0.5, 0.6) is 0 Å². The van der Waals surface area contributed by atoms with Crippen molar-refractivity contribution in [3.8, 4) is 6.07 Å². The number of imide groups is 1. The molecule has 0 radical (unpaired) electrons. The van der Waals surface area contributed by atoms with Crippen LogP contribution in [0.1, 0.15) is 27.0 Å². The summed E-state index contributed by atoms with van der Waals surface area (Å²) in [6.07, 6.45) is 1.55. The molecular formula is C19H12N2O4S. The molecule has 0 atom stereocenters. The van der Waals surface area contributed by atoms with Crippen LogP contribution in [0, 0.1) is 11.3 Å². The summed E-state index contributed by atoms with van der Waals surface area (Å²) in [6.45, 7) is 0.0314. The Bertz CT molecular complexity index is 974. The van der Waals surface area contributed by atoms with Crippen molar-refractivity contribution < 1.29 is 19.5 Å². The molecule has 0 saturated carbocycles. The molecule has 1 aliphatic heterocycles. The number of carboxylic acid groups (broad SMARTS) is 1. The molecule has 0 spiro atoms. The molecule has 1 heterocycles. The monoisotopic (exact) mass is 364 g/mol. The molecule has 3 rings (SSSR count). The minimum atomic E-state index is -1.03. The molecule has 7 heteroatoms. The minimum Gasteiger partial charge on any atom is -0.478 e. The zero-order valence-corrected chi connectivity index (χ0v) is 14.2. The number of aromatic carboxylic acids is 1. The molecule has 128 valence electrons. The van der Waals surface area contributed by atoms with Crippen LogP contribution in [0.15, 0.2) is 53.4 Å². The third-order valence-electron chi connectivity index (χ3n) is 3.80. The lowest BCUT2D eigenvalue weighted by molar-refractivity contribution is -0.123. The number of nitriles is 1. The number of carbonyl (C=O) groups is 3. The summed E-state index contributed by atoms with van der Waals surface area (Å²) < 4.78 is 0. The van der Waals surface area contributed by atoms with E-state index in [1.165, 1.54) is 12.1 Å². The van der Waals surface area contributed by atoms with Crippen LogP contribution in [-0.4, -0.2) is 27.1 Å². The molecular weight excluding hydrogens is 352 g/mol. The number of rotatable bonds is 4. The third kappa shape index (κ3) is 3.50. The fourth-order valence-electron chi connectivity index (χ4n) is 2.45. The second-order valence-electron chi connectivity index (χ2n) is 5.46. The SMILES string of the molecule is N#Cc1ccccc1CN1C(=O)S/C(=C\c2ccc(C(=O)O)cc2)C1=O. The molecule has 6 nitrogen and oxygen atoms in total. The topological polar surface area (TPSA) is 98.5 Å². The third-order valence-corrected chi connectivity index (χ3v) is 4.70. The fraction of sp³-hybridized carbons (Fsp3) is 0.0526. The van der Waals surface area contributed by atoms with Gasteiger partial charge in [0.05, 0.1) is 28.6 Å². The van der Waals surface area contributed by atoms with E-state index in [1.807, 2.05) is 6.07 Å². The molecule has 1 fully saturated rings. The number of amides is 2. The average Bonchev–Trinajstić information content (AvgIpc) is 2.90. The van der Waals surface area contributed by atoms with Crippen LogP contribution in [0.25, 0.3) is 6.08 Å². The predicted octanol–water partition coefficient (Wildman–Crippen LogP) is 3.49. The maximum absolute atomic E-state index is 12.5. The first-order chi connectivity index (χ1) is 12.5. The van der Waals surface area contributed by atoms with E-state index in [9.17, 15) is 14.4 Å². The number of benzene rings is 2. The first-order valence-electron chi connectivity index (χ1n) is 7.56. The Labute approximate surface area is 153 Å². The number of carboxylic acids is 1. The largest absolute Gasteiger partial charge is 0.478 e. The minimum absolute atomic E-state index is 0.0314. The van der Waals surface area contributed by atoms with E-state index in [2.05, 4.69) is 0 Å². The zero-order chi connectivity index (χ0) is 18.7. The standard InChI is InChI=1S/C19H12N2O4S/c20-10-14-3-1-2-4-15(14)11-21-17(22)16(26-19(21)25)9-12-5-7-13(8-6-12)18(23)24/h1-9H,11H2,(H,23,24)/b16-9-. The second-order valence-corrected chi connectivity index (χ2v) is 6.46. The molecule has 0 bridgehead atoms. The maximum atomic E-state index is 12.5. The van der Waals surface area contributed by atoms with Gasteiger partial charge in [0.1, 0.15) is 0 Å². The first kappa shape index (κ1) is 17.5. The molecule has 2 aromatic rings. The first-order valence-corrected chi connectivity index (χ1v) is 8.38. The Kier molecular flexibility index (Phi) is 4.87. The number of hydrogen-bond donors (Lipinski definition) is 1. The van der Waals surface area contributed by atoms with Gasteiger partial charge < -0.3 is 5.11 Å². The van der Waals surface area contributed by atoms with Gasteiger partial charge in [-0.05, 0) is 47.2 Å². The van der Waals surface area contributed by atoms with Crippen molar-refractivity contribution in [1.82, 2.24) is 4.90 Å². The normalized spacial score (nSPS) is 15.3. The van der Waals surface area contributed by atoms with E-state index in [4.69, 9.17) is 10.4 Å². The number of carbonyl (C=O) groups excluding carboxylic acids is 2. The number of thioether (sulfide) groups is 1. The van der Waals surface area contributed by atoms with Crippen molar-refractivity contribution in [3.05, 3.63) is 75.7 Å². The summed E-state index contributed by atoms with van der Waals surface area (Å²) in [5, 5.41) is 17.6. The van der Waals surface area contributed by atoms with Gasteiger partial charge in [0.15, 0.2) is 0 Å². The molecule has 0 aliphatic carbocycles. The number of hydrogen-bond acceptors (Lipinski definition) is 5. The quantitative estimate of drug-likeness (QED) is 0.834. The average molecular weight is 364 g/mol. The van der Waals surface area contributed by atoms with Crippen LogP contribution in [0.3, 0.4) is 0 Å². The van der Waals surface area contributed by atoms with Crippen molar-refractivity contribution in [3.63, 3.8) is 0 Å². The number of nitrogens with zero attached hydrogens (tertiary/aromatic N) is 2. The zero-order valence-electron chi connectivity index (χ0n) is 13.4. The van der Waals surface area contributed by atoms with Gasteiger partial charge in [-0.25, -0.2) is 4.79 Å².